The zero-order chi connectivity index (χ0) is 13.9. The summed E-state index contributed by atoms with van der Waals surface area (Å²) in [6.45, 7) is 9.30. The predicted octanol–water partition coefficient (Wildman–Crippen LogP) is 3.86. The Labute approximate surface area is 121 Å². The number of aryl methyl sites for hydroxylation is 1. The first-order valence-electron chi connectivity index (χ1n) is 7.39. The fraction of sp³-hybridized carbons (Fsp3) is 0.333. The van der Waals surface area contributed by atoms with Gasteiger partial charge in [-0.3, -0.25) is 4.90 Å². The monoisotopic (exact) mass is 266 g/mol. The van der Waals surface area contributed by atoms with E-state index in [1.807, 2.05) is 0 Å². The lowest BCUT2D eigenvalue weighted by Crippen LogP contribution is -2.32. The van der Waals surface area contributed by atoms with Crippen molar-refractivity contribution in [3.8, 4) is 0 Å². The summed E-state index contributed by atoms with van der Waals surface area (Å²) in [7, 11) is 0. The number of aromatic amines is 1. The van der Waals surface area contributed by atoms with Gasteiger partial charge in [-0.15, -0.1) is 6.58 Å². The van der Waals surface area contributed by atoms with Crippen molar-refractivity contribution in [2.45, 2.75) is 32.4 Å². The second-order valence-corrected chi connectivity index (χ2v) is 5.58. The Bertz CT molecular complexity index is 583. The largest absolute Gasteiger partial charge is 0.361 e. The molecule has 2 heterocycles. The van der Waals surface area contributed by atoms with Crippen molar-refractivity contribution in [3.05, 3.63) is 71.6 Å². The first kappa shape index (κ1) is 13.2. The summed E-state index contributed by atoms with van der Waals surface area (Å²) >= 11 is 0. The Hall–Kier alpha value is -1.80. The lowest BCUT2D eigenvalue weighted by Gasteiger charge is -2.31. The van der Waals surface area contributed by atoms with Gasteiger partial charge in [0.05, 0.1) is 0 Å². The van der Waals surface area contributed by atoms with Crippen molar-refractivity contribution in [2.75, 3.05) is 6.54 Å². The van der Waals surface area contributed by atoms with E-state index >= 15 is 0 Å². The molecule has 0 fully saturated rings. The topological polar surface area (TPSA) is 19.0 Å². The Morgan fingerprint density at radius 2 is 2.15 bits per heavy atom. The molecule has 0 amide bonds. The van der Waals surface area contributed by atoms with Crippen LogP contribution in [0.25, 0.3) is 0 Å². The third-order valence-electron chi connectivity index (χ3n) is 4.12. The fourth-order valence-electron chi connectivity index (χ4n) is 3.06. The molecule has 0 saturated carbocycles. The van der Waals surface area contributed by atoms with Gasteiger partial charge in [0.2, 0.25) is 0 Å². The summed E-state index contributed by atoms with van der Waals surface area (Å²) in [5, 5.41) is 0. The van der Waals surface area contributed by atoms with Gasteiger partial charge in [-0.05, 0) is 23.6 Å². The highest BCUT2D eigenvalue weighted by molar-refractivity contribution is 5.34. The van der Waals surface area contributed by atoms with Gasteiger partial charge in [-0.2, -0.15) is 0 Å². The van der Waals surface area contributed by atoms with Crippen LogP contribution in [0.1, 0.15) is 35.4 Å². The van der Waals surface area contributed by atoms with Gasteiger partial charge in [-0.1, -0.05) is 43.3 Å². The molecule has 0 radical (unpaired) electrons. The smallest absolute Gasteiger partial charge is 0.0298 e. The quantitative estimate of drug-likeness (QED) is 0.833. The van der Waals surface area contributed by atoms with Crippen LogP contribution in [0.15, 0.2) is 49.1 Å². The van der Waals surface area contributed by atoms with Gasteiger partial charge in [0.1, 0.15) is 0 Å². The Morgan fingerprint density at radius 1 is 1.35 bits per heavy atom. The third kappa shape index (κ3) is 2.56. The molecule has 0 bridgehead atoms. The molecule has 0 saturated heterocycles. The Kier molecular flexibility index (Phi) is 3.75. The van der Waals surface area contributed by atoms with Gasteiger partial charge in [0.15, 0.2) is 0 Å². The number of H-pyrrole nitrogens is 1. The van der Waals surface area contributed by atoms with E-state index < -0.39 is 0 Å². The minimum Gasteiger partial charge on any atom is -0.361 e. The zero-order valence-electron chi connectivity index (χ0n) is 12.1. The summed E-state index contributed by atoms with van der Waals surface area (Å²) in [6.07, 6.45) is 3.14. The Morgan fingerprint density at radius 3 is 2.85 bits per heavy atom. The molecule has 0 aliphatic carbocycles. The number of hydrogen-bond acceptors (Lipinski definition) is 1. The molecular formula is C18H22N2. The molecule has 1 aromatic carbocycles. The van der Waals surface area contributed by atoms with E-state index in [9.17, 15) is 0 Å². The minimum atomic E-state index is 0.419. The standard InChI is InChI=1S/C18H22N2/c1-3-15-12-20(11-14-8-6-5-7-9-14)13-16-10-17(4-2)19-18(15)16/h3,5-10,15,19H,1,4,11-13H2,2H3. The van der Waals surface area contributed by atoms with Crippen LogP contribution < -0.4 is 0 Å². The van der Waals surface area contributed by atoms with Gasteiger partial charge in [0, 0.05) is 36.9 Å². The van der Waals surface area contributed by atoms with Crippen LogP contribution in [0.5, 0.6) is 0 Å². The molecular weight excluding hydrogens is 244 g/mol. The third-order valence-corrected chi connectivity index (χ3v) is 4.12. The van der Waals surface area contributed by atoms with Gasteiger partial charge in [-0.25, -0.2) is 0 Å². The molecule has 104 valence electrons. The Balaban J connectivity index is 1.81. The van der Waals surface area contributed by atoms with E-state index in [1.165, 1.54) is 22.5 Å². The first-order valence-corrected chi connectivity index (χ1v) is 7.39. The maximum Gasteiger partial charge on any atom is 0.0298 e. The lowest BCUT2D eigenvalue weighted by atomic mass is 9.96. The molecule has 20 heavy (non-hydrogen) atoms. The van der Waals surface area contributed by atoms with Crippen molar-refractivity contribution >= 4 is 0 Å². The van der Waals surface area contributed by atoms with E-state index in [0.29, 0.717) is 5.92 Å². The average Bonchev–Trinajstić information content (AvgIpc) is 2.90. The van der Waals surface area contributed by atoms with Gasteiger partial charge < -0.3 is 4.98 Å². The molecule has 1 N–H and O–H groups in total. The summed E-state index contributed by atoms with van der Waals surface area (Å²) in [5.41, 5.74) is 5.53. The molecule has 2 aromatic rings. The van der Waals surface area contributed by atoms with E-state index in [4.69, 9.17) is 0 Å². The number of rotatable bonds is 4. The molecule has 1 unspecified atom stereocenters. The molecule has 1 aliphatic heterocycles. The number of fused-ring (bicyclic) bond motifs is 1. The number of nitrogens with one attached hydrogen (secondary N) is 1. The maximum atomic E-state index is 4.01. The van der Waals surface area contributed by atoms with Crippen LogP contribution >= 0.6 is 0 Å². The van der Waals surface area contributed by atoms with E-state index in [0.717, 1.165) is 26.1 Å². The molecule has 1 aromatic heterocycles. The zero-order valence-corrected chi connectivity index (χ0v) is 12.1. The van der Waals surface area contributed by atoms with Gasteiger partial charge >= 0.3 is 0 Å². The van der Waals surface area contributed by atoms with Crippen molar-refractivity contribution in [2.24, 2.45) is 0 Å². The van der Waals surface area contributed by atoms with Crippen molar-refractivity contribution in [1.82, 2.24) is 9.88 Å². The van der Waals surface area contributed by atoms with Crippen molar-refractivity contribution < 1.29 is 0 Å². The number of hydrogen-bond donors (Lipinski definition) is 1. The number of nitrogens with zero attached hydrogens (tertiary/aromatic N) is 1. The van der Waals surface area contributed by atoms with Crippen molar-refractivity contribution in [3.63, 3.8) is 0 Å². The number of aromatic nitrogens is 1. The predicted molar refractivity (Wildman–Crippen MR) is 83.7 cm³/mol. The van der Waals surface area contributed by atoms with E-state index in [1.54, 1.807) is 0 Å². The van der Waals surface area contributed by atoms with Crippen molar-refractivity contribution in [1.29, 1.82) is 0 Å². The maximum absolute atomic E-state index is 4.01. The summed E-state index contributed by atoms with van der Waals surface area (Å²) in [6, 6.07) is 13.0. The highest BCUT2D eigenvalue weighted by Crippen LogP contribution is 2.30. The minimum absolute atomic E-state index is 0.419. The lowest BCUT2D eigenvalue weighted by molar-refractivity contribution is 0.233. The molecule has 3 rings (SSSR count). The van der Waals surface area contributed by atoms with Crippen LogP contribution in [0.3, 0.4) is 0 Å². The van der Waals surface area contributed by atoms with Crippen LogP contribution in [0.2, 0.25) is 0 Å². The first-order chi connectivity index (χ1) is 9.80. The van der Waals surface area contributed by atoms with E-state index in [-0.39, 0.29) is 0 Å². The second-order valence-electron chi connectivity index (χ2n) is 5.58. The highest BCUT2D eigenvalue weighted by atomic mass is 15.1. The SMILES string of the molecule is C=CC1CN(Cc2ccccc2)Cc2cc(CC)[nH]c21. The second kappa shape index (κ2) is 5.68. The highest BCUT2D eigenvalue weighted by Gasteiger charge is 2.25. The molecule has 1 aliphatic rings. The van der Waals surface area contributed by atoms with Crippen LogP contribution in [0, 0.1) is 0 Å². The molecule has 1 atom stereocenters. The molecule has 0 spiro atoms. The van der Waals surface area contributed by atoms with Gasteiger partial charge in [0.25, 0.3) is 0 Å². The summed E-state index contributed by atoms with van der Waals surface area (Å²) in [5.74, 6) is 0.419. The number of benzene rings is 1. The van der Waals surface area contributed by atoms with Crippen LogP contribution in [-0.4, -0.2) is 16.4 Å². The molecule has 2 heteroatoms. The molecule has 2 nitrogen and oxygen atoms in total. The van der Waals surface area contributed by atoms with Crippen LogP contribution in [-0.2, 0) is 19.5 Å². The summed E-state index contributed by atoms with van der Waals surface area (Å²) in [4.78, 5) is 6.08. The summed E-state index contributed by atoms with van der Waals surface area (Å²) < 4.78 is 0. The van der Waals surface area contributed by atoms with Crippen LogP contribution in [0.4, 0.5) is 0 Å². The van der Waals surface area contributed by atoms with E-state index in [2.05, 4.69) is 65.9 Å². The normalized spacial score (nSPS) is 18.8. The average molecular weight is 266 g/mol. The fourth-order valence-corrected chi connectivity index (χ4v) is 3.06.